The summed E-state index contributed by atoms with van der Waals surface area (Å²) in [5, 5.41) is 19.6. The lowest BCUT2D eigenvalue weighted by atomic mass is 10.2. The van der Waals surface area contributed by atoms with Crippen molar-refractivity contribution in [2.45, 2.75) is 6.92 Å². The summed E-state index contributed by atoms with van der Waals surface area (Å²) in [6.45, 7) is 1.68. The molecule has 0 spiro atoms. The number of esters is 1. The van der Waals surface area contributed by atoms with Crippen molar-refractivity contribution < 1.29 is 24.8 Å². The number of carbonyl (C=O) groups excluding carboxylic acids is 1. The highest BCUT2D eigenvalue weighted by Crippen LogP contribution is 2.28. The van der Waals surface area contributed by atoms with E-state index < -0.39 is 10.8 Å². The third kappa shape index (κ3) is 3.67. The number of quaternary nitrogens is 1. The lowest BCUT2D eigenvalue weighted by molar-refractivity contribution is -0.272. The number of nitrogens with zero attached hydrogens (tertiary/aromatic N) is 3. The zero-order chi connectivity index (χ0) is 18.7. The van der Waals surface area contributed by atoms with Crippen LogP contribution in [0.3, 0.4) is 0 Å². The summed E-state index contributed by atoms with van der Waals surface area (Å²) < 4.78 is 6.30. The topological polar surface area (TPSA) is 93.8 Å². The molecule has 1 aromatic heterocycles. The van der Waals surface area contributed by atoms with E-state index in [1.165, 1.54) is 11.8 Å². The van der Waals surface area contributed by atoms with Crippen LogP contribution >= 0.6 is 0 Å². The Labute approximate surface area is 149 Å². The molecule has 0 fully saturated rings. The van der Waals surface area contributed by atoms with Gasteiger partial charge in [-0.2, -0.15) is 15.1 Å². The average Bonchev–Trinajstić information content (AvgIpc) is 2.98. The van der Waals surface area contributed by atoms with Crippen molar-refractivity contribution in [1.29, 1.82) is 0 Å². The summed E-state index contributed by atoms with van der Waals surface area (Å²) >= 11 is 0. The lowest BCUT2D eigenvalue weighted by Crippen LogP contribution is -2.36. The monoisotopic (exact) mass is 358 g/mol. The Hall–Kier alpha value is -2.94. The zero-order valence-electron chi connectivity index (χ0n) is 14.5. The van der Waals surface area contributed by atoms with Crippen LogP contribution in [0.4, 0.5) is 5.69 Å². The first-order valence-corrected chi connectivity index (χ1v) is 8.09. The minimum Gasteiger partial charge on any atom is -0.463 e. The maximum Gasteiger partial charge on any atom is 0.346 e. The van der Waals surface area contributed by atoms with Crippen LogP contribution in [0.25, 0.3) is 22.4 Å². The second kappa shape index (κ2) is 7.12. The van der Waals surface area contributed by atoms with Gasteiger partial charge in [0.05, 0.1) is 12.1 Å². The highest BCUT2D eigenvalue weighted by molar-refractivity contribution is 5.83. The third-order valence-electron chi connectivity index (χ3n) is 3.73. The van der Waals surface area contributed by atoms with E-state index >= 15 is 0 Å². The number of fused-ring (bicyclic) bond motifs is 1. The van der Waals surface area contributed by atoms with E-state index in [1.807, 2.05) is 30.3 Å². The van der Waals surface area contributed by atoms with Crippen molar-refractivity contribution in [2.24, 2.45) is 0 Å². The summed E-state index contributed by atoms with van der Waals surface area (Å²) in [7, 11) is 1.21. The Morgan fingerprint density at radius 1 is 1.19 bits per heavy atom. The molecule has 3 aromatic rings. The van der Waals surface area contributed by atoms with Gasteiger partial charge in [-0.05, 0) is 17.8 Å². The van der Waals surface area contributed by atoms with E-state index in [9.17, 15) is 15.2 Å². The van der Waals surface area contributed by atoms with Crippen molar-refractivity contribution in [3.63, 3.8) is 0 Å². The van der Waals surface area contributed by atoms with Gasteiger partial charge >= 0.3 is 5.97 Å². The molecule has 8 nitrogen and oxygen atoms in total. The predicted octanol–water partition coefficient (Wildman–Crippen LogP) is 2.41. The van der Waals surface area contributed by atoms with Gasteiger partial charge in [-0.25, -0.2) is 9.78 Å². The van der Waals surface area contributed by atoms with E-state index in [-0.39, 0.29) is 18.9 Å². The number of benzene rings is 2. The second-order valence-electron chi connectivity index (χ2n) is 5.76. The van der Waals surface area contributed by atoms with Gasteiger partial charge < -0.3 is 9.57 Å². The molecule has 0 bridgehead atoms. The van der Waals surface area contributed by atoms with Crippen LogP contribution in [0, 0.1) is 0 Å². The zero-order valence-corrected chi connectivity index (χ0v) is 14.5. The first-order chi connectivity index (χ1) is 12.4. The maximum atomic E-state index is 11.7. The standard InChI is InChI=1S/C18H20N3O5/c1-3-25-17(22)12-26-20-16-11-14(21(2,23)24)9-10-15(16)19-18(20)13-7-5-4-6-8-13/h4-11,23-24H,3,12H2,1-2H3/q+1. The number of rotatable bonds is 6. The number of ether oxygens (including phenoxy) is 1. The van der Waals surface area contributed by atoms with Crippen molar-refractivity contribution in [3.05, 3.63) is 48.5 Å². The first-order valence-electron chi connectivity index (χ1n) is 8.09. The molecule has 0 aliphatic rings. The van der Waals surface area contributed by atoms with Gasteiger partial charge in [-0.3, -0.25) is 0 Å². The highest BCUT2D eigenvalue weighted by atomic mass is 16.8. The normalized spacial score (nSPS) is 11.5. The van der Waals surface area contributed by atoms with Crippen LogP contribution in [-0.2, 0) is 9.53 Å². The Morgan fingerprint density at radius 2 is 1.92 bits per heavy atom. The van der Waals surface area contributed by atoms with Crippen LogP contribution < -0.4 is 9.65 Å². The molecule has 1 heterocycles. The van der Waals surface area contributed by atoms with Crippen molar-refractivity contribution in [1.82, 2.24) is 14.5 Å². The van der Waals surface area contributed by atoms with Gasteiger partial charge in [-0.15, -0.1) is 0 Å². The number of carbonyl (C=O) groups is 1. The predicted molar refractivity (Wildman–Crippen MR) is 94.5 cm³/mol. The Kier molecular flexibility index (Phi) is 4.90. The fourth-order valence-corrected chi connectivity index (χ4v) is 2.53. The largest absolute Gasteiger partial charge is 0.463 e. The number of hydrogen-bond acceptors (Lipinski definition) is 6. The quantitative estimate of drug-likeness (QED) is 0.399. The maximum absolute atomic E-state index is 11.7. The summed E-state index contributed by atoms with van der Waals surface area (Å²) in [5.41, 5.74) is 2.10. The van der Waals surface area contributed by atoms with Crippen molar-refractivity contribution in [2.75, 3.05) is 20.3 Å². The van der Waals surface area contributed by atoms with Crippen LogP contribution in [0.15, 0.2) is 48.5 Å². The number of hydroxylamine groups is 2. The Balaban J connectivity index is 2.10. The molecule has 3 rings (SSSR count). The van der Waals surface area contributed by atoms with Gasteiger partial charge in [0, 0.05) is 17.7 Å². The Morgan fingerprint density at radius 3 is 2.58 bits per heavy atom. The van der Waals surface area contributed by atoms with Crippen molar-refractivity contribution >= 4 is 22.7 Å². The highest BCUT2D eigenvalue weighted by Gasteiger charge is 2.23. The van der Waals surface area contributed by atoms with Crippen LogP contribution in [0.5, 0.6) is 0 Å². The molecule has 26 heavy (non-hydrogen) atoms. The molecule has 0 aliphatic carbocycles. The molecule has 8 heteroatoms. The van der Waals surface area contributed by atoms with Gasteiger partial charge in [-0.1, -0.05) is 30.3 Å². The molecular weight excluding hydrogens is 338 g/mol. The summed E-state index contributed by atoms with van der Waals surface area (Å²) in [4.78, 5) is 20.5. The second-order valence-corrected chi connectivity index (χ2v) is 5.76. The molecule has 0 aliphatic heterocycles. The Bertz CT molecular complexity index is 916. The van der Waals surface area contributed by atoms with Crippen LogP contribution in [-0.4, -0.2) is 46.4 Å². The smallest absolute Gasteiger partial charge is 0.346 e. The molecule has 0 saturated carbocycles. The summed E-state index contributed by atoms with van der Waals surface area (Å²) in [5.74, 6) is -0.0124. The molecule has 0 amide bonds. The molecular formula is C18H20N3O5+. The van der Waals surface area contributed by atoms with Gasteiger partial charge in [0.2, 0.25) is 12.3 Å². The average molecular weight is 358 g/mol. The summed E-state index contributed by atoms with van der Waals surface area (Å²) in [6.07, 6.45) is 0. The molecule has 0 saturated heterocycles. The summed E-state index contributed by atoms with van der Waals surface area (Å²) in [6, 6.07) is 14.1. The van der Waals surface area contributed by atoms with Gasteiger partial charge in [0.1, 0.15) is 12.6 Å². The fourth-order valence-electron chi connectivity index (χ4n) is 2.53. The number of hydrogen-bond donors (Lipinski definition) is 2. The molecule has 2 aromatic carbocycles. The third-order valence-corrected chi connectivity index (χ3v) is 3.73. The fraction of sp³-hybridized carbons (Fsp3) is 0.222. The van der Waals surface area contributed by atoms with Gasteiger partial charge in [0.25, 0.3) is 0 Å². The minimum absolute atomic E-state index is 0.220. The van der Waals surface area contributed by atoms with E-state index in [2.05, 4.69) is 4.98 Å². The van der Waals surface area contributed by atoms with Crippen LogP contribution in [0.1, 0.15) is 6.92 Å². The molecule has 0 unspecified atom stereocenters. The van der Waals surface area contributed by atoms with E-state index in [0.717, 1.165) is 5.56 Å². The van der Waals surface area contributed by atoms with E-state index in [0.29, 0.717) is 16.9 Å². The van der Waals surface area contributed by atoms with Crippen LogP contribution in [0.2, 0.25) is 0 Å². The van der Waals surface area contributed by atoms with Gasteiger partial charge in [0.15, 0.2) is 5.82 Å². The molecule has 2 N–H and O–H groups in total. The molecule has 136 valence electrons. The molecule has 0 atom stereocenters. The van der Waals surface area contributed by atoms with E-state index in [1.54, 1.807) is 25.1 Å². The number of imidazole rings is 1. The molecule has 0 radical (unpaired) electrons. The minimum atomic E-state index is -1.33. The SMILES string of the molecule is CCOC(=O)COn1c(-c2ccccc2)nc2ccc([N+](C)(O)O)cc21. The lowest BCUT2D eigenvalue weighted by Gasteiger charge is -2.15. The van der Waals surface area contributed by atoms with E-state index in [4.69, 9.17) is 9.57 Å². The van der Waals surface area contributed by atoms with Crippen molar-refractivity contribution in [3.8, 4) is 11.4 Å². The number of aromatic nitrogens is 2. The first kappa shape index (κ1) is 17.9.